The van der Waals surface area contributed by atoms with Gasteiger partial charge in [-0.2, -0.15) is 13.2 Å². The third kappa shape index (κ3) is 3.25. The van der Waals surface area contributed by atoms with Crippen molar-refractivity contribution >= 4 is 33.2 Å². The molecular weight excluding hydrogens is 347 g/mol. The molecule has 1 aromatic rings. The molecule has 0 aliphatic heterocycles. The van der Waals surface area contributed by atoms with Gasteiger partial charge in [0.15, 0.2) is 5.54 Å². The van der Waals surface area contributed by atoms with Gasteiger partial charge in [0.05, 0.1) is 10.6 Å². The lowest BCUT2D eigenvalue weighted by Gasteiger charge is -2.26. The van der Waals surface area contributed by atoms with Gasteiger partial charge >= 0.3 is 6.18 Å². The molecule has 1 atom stereocenters. The van der Waals surface area contributed by atoms with Gasteiger partial charge in [-0.05, 0) is 28.9 Å². The molecule has 0 bridgehead atoms. The molecule has 0 aliphatic carbocycles. The standard InChI is InChI=1S/C10H9BrF3N3O3/c1-9(15,10(12,13)14)8(18)16-7-4-5(17(19)20)2-3-6(7)11/h2-4H,15H2,1H3,(H,16,18). The molecule has 1 rings (SSSR count). The number of nitrogens with two attached hydrogens (primary N) is 1. The van der Waals surface area contributed by atoms with E-state index < -0.39 is 22.5 Å². The average Bonchev–Trinajstić information content (AvgIpc) is 2.29. The maximum absolute atomic E-state index is 12.6. The summed E-state index contributed by atoms with van der Waals surface area (Å²) >= 11 is 2.97. The summed E-state index contributed by atoms with van der Waals surface area (Å²) in [6.45, 7) is 0.508. The Kier molecular flexibility index (Phi) is 4.39. The summed E-state index contributed by atoms with van der Waals surface area (Å²) in [7, 11) is 0. The molecule has 0 radical (unpaired) electrons. The number of alkyl halides is 3. The van der Waals surface area contributed by atoms with Crippen LogP contribution in [0.4, 0.5) is 24.5 Å². The number of amides is 1. The van der Waals surface area contributed by atoms with Crippen LogP contribution >= 0.6 is 15.9 Å². The lowest BCUT2D eigenvalue weighted by Crippen LogP contribution is -2.59. The number of nitro benzene ring substituents is 1. The van der Waals surface area contributed by atoms with E-state index >= 15 is 0 Å². The highest BCUT2D eigenvalue weighted by molar-refractivity contribution is 9.10. The topological polar surface area (TPSA) is 98.3 Å². The molecule has 0 saturated heterocycles. The Morgan fingerprint density at radius 1 is 1.45 bits per heavy atom. The molecule has 3 N–H and O–H groups in total. The number of rotatable bonds is 3. The normalized spacial score (nSPS) is 14.5. The van der Waals surface area contributed by atoms with Crippen LogP contribution in [-0.4, -0.2) is 22.5 Å². The van der Waals surface area contributed by atoms with Gasteiger partial charge in [-0.25, -0.2) is 0 Å². The molecule has 0 aromatic heterocycles. The second-order valence-electron chi connectivity index (χ2n) is 4.08. The number of carbonyl (C=O) groups excluding carboxylic acids is 1. The zero-order valence-electron chi connectivity index (χ0n) is 9.99. The Morgan fingerprint density at radius 2 is 2.00 bits per heavy atom. The van der Waals surface area contributed by atoms with Crippen molar-refractivity contribution in [1.82, 2.24) is 0 Å². The lowest BCUT2D eigenvalue weighted by molar-refractivity contribution is -0.384. The van der Waals surface area contributed by atoms with Crippen molar-refractivity contribution in [2.45, 2.75) is 18.6 Å². The smallest absolute Gasteiger partial charge is 0.323 e. The van der Waals surface area contributed by atoms with Gasteiger partial charge < -0.3 is 11.1 Å². The van der Waals surface area contributed by atoms with Gasteiger partial charge in [0.2, 0.25) is 0 Å². The van der Waals surface area contributed by atoms with Crippen LogP contribution in [0.25, 0.3) is 0 Å². The monoisotopic (exact) mass is 355 g/mol. The molecule has 0 spiro atoms. The number of non-ortho nitro benzene ring substituents is 1. The highest BCUT2D eigenvalue weighted by Gasteiger charge is 2.54. The fourth-order valence-electron chi connectivity index (χ4n) is 1.10. The molecule has 0 fully saturated rings. The van der Waals surface area contributed by atoms with Gasteiger partial charge in [-0.1, -0.05) is 0 Å². The quantitative estimate of drug-likeness (QED) is 0.642. The fourth-order valence-corrected chi connectivity index (χ4v) is 1.45. The van der Waals surface area contributed by atoms with E-state index in [0.717, 1.165) is 12.1 Å². The average molecular weight is 356 g/mol. The Labute approximate surface area is 119 Å². The van der Waals surface area contributed by atoms with E-state index in [2.05, 4.69) is 15.9 Å². The number of nitrogens with one attached hydrogen (secondary N) is 1. The van der Waals surface area contributed by atoms with Crippen molar-refractivity contribution in [3.63, 3.8) is 0 Å². The highest BCUT2D eigenvalue weighted by atomic mass is 79.9. The maximum Gasteiger partial charge on any atom is 0.415 e. The molecule has 1 amide bonds. The van der Waals surface area contributed by atoms with Crippen LogP contribution < -0.4 is 11.1 Å². The predicted octanol–water partition coefficient (Wildman–Crippen LogP) is 2.58. The van der Waals surface area contributed by atoms with E-state index in [4.69, 9.17) is 5.73 Å². The van der Waals surface area contributed by atoms with Crippen molar-refractivity contribution in [2.24, 2.45) is 5.73 Å². The SMILES string of the molecule is CC(N)(C(=O)Nc1cc([N+](=O)[O-])ccc1Br)C(F)(F)F. The Morgan fingerprint density at radius 3 is 2.45 bits per heavy atom. The summed E-state index contributed by atoms with van der Waals surface area (Å²) in [5, 5.41) is 12.5. The molecule has 20 heavy (non-hydrogen) atoms. The van der Waals surface area contributed by atoms with Crippen molar-refractivity contribution in [1.29, 1.82) is 0 Å². The van der Waals surface area contributed by atoms with E-state index in [1.165, 1.54) is 6.07 Å². The fraction of sp³-hybridized carbons (Fsp3) is 0.300. The minimum Gasteiger partial charge on any atom is -0.323 e. The minimum atomic E-state index is -4.95. The van der Waals surface area contributed by atoms with Gasteiger partial charge in [0.25, 0.3) is 11.6 Å². The second kappa shape index (κ2) is 5.37. The summed E-state index contributed by atoms with van der Waals surface area (Å²) in [5.41, 5.74) is 1.28. The summed E-state index contributed by atoms with van der Waals surface area (Å²) in [5.74, 6) is -1.52. The van der Waals surface area contributed by atoms with E-state index in [-0.39, 0.29) is 15.8 Å². The van der Waals surface area contributed by atoms with Crippen molar-refractivity contribution in [2.75, 3.05) is 5.32 Å². The third-order valence-corrected chi connectivity index (χ3v) is 3.16. The molecule has 0 heterocycles. The number of nitrogens with zero attached hydrogens (tertiary/aromatic N) is 1. The molecule has 6 nitrogen and oxygen atoms in total. The van der Waals surface area contributed by atoms with Gasteiger partial charge in [-0.3, -0.25) is 14.9 Å². The summed E-state index contributed by atoms with van der Waals surface area (Å²) < 4.78 is 38.0. The van der Waals surface area contributed by atoms with Crippen LogP contribution in [0, 0.1) is 10.1 Å². The van der Waals surface area contributed by atoms with Crippen LogP contribution in [0.2, 0.25) is 0 Å². The number of halogens is 4. The third-order valence-electron chi connectivity index (χ3n) is 2.47. The number of hydrogen-bond donors (Lipinski definition) is 2. The number of carbonyl (C=O) groups is 1. The van der Waals surface area contributed by atoms with Crippen molar-refractivity contribution < 1.29 is 22.9 Å². The minimum absolute atomic E-state index is 0.176. The number of benzene rings is 1. The first-order chi connectivity index (χ1) is 8.96. The van der Waals surface area contributed by atoms with Crippen LogP contribution in [-0.2, 0) is 4.79 Å². The van der Waals surface area contributed by atoms with Crippen molar-refractivity contribution in [3.8, 4) is 0 Å². The van der Waals surface area contributed by atoms with Crippen LogP contribution in [0.3, 0.4) is 0 Å². The summed E-state index contributed by atoms with van der Waals surface area (Å²) in [6.07, 6.45) is -4.95. The Bertz CT molecular complexity index is 560. The van der Waals surface area contributed by atoms with Crippen molar-refractivity contribution in [3.05, 3.63) is 32.8 Å². The first kappa shape index (κ1) is 16.4. The Hall–Kier alpha value is -1.68. The van der Waals surface area contributed by atoms with Gasteiger partial charge in [0.1, 0.15) is 0 Å². The van der Waals surface area contributed by atoms with E-state index in [0.29, 0.717) is 6.92 Å². The molecule has 10 heteroatoms. The predicted molar refractivity (Wildman–Crippen MR) is 68.1 cm³/mol. The molecule has 0 aliphatic rings. The maximum atomic E-state index is 12.6. The first-order valence-corrected chi connectivity index (χ1v) is 5.87. The number of nitro groups is 1. The molecule has 0 saturated carbocycles. The molecule has 1 aromatic carbocycles. The van der Waals surface area contributed by atoms with Crippen LogP contribution in [0.15, 0.2) is 22.7 Å². The lowest BCUT2D eigenvalue weighted by atomic mass is 10.0. The van der Waals surface area contributed by atoms with E-state index in [9.17, 15) is 28.1 Å². The van der Waals surface area contributed by atoms with Crippen LogP contribution in [0.5, 0.6) is 0 Å². The summed E-state index contributed by atoms with van der Waals surface area (Å²) in [6, 6.07) is 3.29. The zero-order valence-corrected chi connectivity index (χ0v) is 11.6. The van der Waals surface area contributed by atoms with Crippen LogP contribution in [0.1, 0.15) is 6.92 Å². The molecular formula is C10H9BrF3N3O3. The zero-order chi connectivity index (χ0) is 15.7. The van der Waals surface area contributed by atoms with E-state index in [1.807, 2.05) is 5.32 Å². The molecule has 1 unspecified atom stereocenters. The largest absolute Gasteiger partial charge is 0.415 e. The number of anilines is 1. The van der Waals surface area contributed by atoms with E-state index in [1.54, 1.807) is 0 Å². The van der Waals surface area contributed by atoms with Gasteiger partial charge in [-0.15, -0.1) is 0 Å². The van der Waals surface area contributed by atoms with Gasteiger partial charge in [0, 0.05) is 16.6 Å². The second-order valence-corrected chi connectivity index (χ2v) is 4.93. The highest BCUT2D eigenvalue weighted by Crippen LogP contribution is 2.31. The number of hydrogen-bond acceptors (Lipinski definition) is 4. The summed E-state index contributed by atoms with van der Waals surface area (Å²) in [4.78, 5) is 21.4. The Balaban J connectivity index is 3.08. The first-order valence-electron chi connectivity index (χ1n) is 5.08. The molecule has 110 valence electrons.